The van der Waals surface area contributed by atoms with Gasteiger partial charge in [0.2, 0.25) is 11.8 Å². The zero-order valence-corrected chi connectivity index (χ0v) is 9.19. The van der Waals surface area contributed by atoms with Crippen LogP contribution in [-0.2, 0) is 9.59 Å². The fourth-order valence-corrected chi connectivity index (χ4v) is 1.49. The van der Waals surface area contributed by atoms with Crippen LogP contribution < -0.4 is 11.5 Å². The highest BCUT2D eigenvalue weighted by Crippen LogP contribution is 2.29. The fraction of sp³-hybridized carbons (Fsp3) is 0.636. The number of nitrogens with zero attached hydrogens (tertiary/aromatic N) is 1. The third-order valence-corrected chi connectivity index (χ3v) is 2.51. The SMILES string of the molecule is C#CCN(CC1CC1)C(=O)C(N)CC(N)=O. The van der Waals surface area contributed by atoms with Crippen molar-refractivity contribution >= 4 is 11.8 Å². The van der Waals surface area contributed by atoms with Crippen LogP contribution in [0, 0.1) is 18.3 Å². The van der Waals surface area contributed by atoms with Crippen LogP contribution in [0.15, 0.2) is 0 Å². The topological polar surface area (TPSA) is 89.4 Å². The minimum absolute atomic E-state index is 0.134. The van der Waals surface area contributed by atoms with Gasteiger partial charge in [0.25, 0.3) is 0 Å². The molecule has 0 aromatic heterocycles. The van der Waals surface area contributed by atoms with E-state index in [2.05, 4.69) is 5.92 Å². The molecule has 88 valence electrons. The Kier molecular flexibility index (Phi) is 4.32. The van der Waals surface area contributed by atoms with E-state index in [1.807, 2.05) is 0 Å². The predicted octanol–water partition coefficient (Wildman–Crippen LogP) is -0.939. The maximum atomic E-state index is 11.8. The molecule has 0 heterocycles. The van der Waals surface area contributed by atoms with Crippen molar-refractivity contribution in [2.75, 3.05) is 13.1 Å². The van der Waals surface area contributed by atoms with Gasteiger partial charge < -0.3 is 16.4 Å². The Morgan fingerprint density at radius 2 is 2.12 bits per heavy atom. The van der Waals surface area contributed by atoms with E-state index >= 15 is 0 Å². The molecule has 0 spiro atoms. The molecule has 0 aromatic rings. The van der Waals surface area contributed by atoms with Gasteiger partial charge in [-0.2, -0.15) is 0 Å². The van der Waals surface area contributed by atoms with Crippen molar-refractivity contribution in [3.05, 3.63) is 0 Å². The van der Waals surface area contributed by atoms with Crippen LogP contribution >= 0.6 is 0 Å². The van der Waals surface area contributed by atoms with E-state index in [0.717, 1.165) is 12.8 Å². The second-order valence-corrected chi connectivity index (χ2v) is 4.14. The number of nitrogens with two attached hydrogens (primary N) is 2. The van der Waals surface area contributed by atoms with E-state index in [1.165, 1.54) is 4.90 Å². The molecule has 1 rings (SSSR count). The maximum Gasteiger partial charge on any atom is 0.240 e. The smallest absolute Gasteiger partial charge is 0.240 e. The second kappa shape index (κ2) is 5.52. The Morgan fingerprint density at radius 1 is 1.50 bits per heavy atom. The first-order valence-electron chi connectivity index (χ1n) is 5.30. The van der Waals surface area contributed by atoms with Crippen LogP contribution in [0.5, 0.6) is 0 Å². The third kappa shape index (κ3) is 3.91. The Balaban J connectivity index is 2.51. The van der Waals surface area contributed by atoms with E-state index in [-0.39, 0.29) is 18.9 Å². The lowest BCUT2D eigenvalue weighted by molar-refractivity contribution is -0.134. The molecular formula is C11H17N3O2. The van der Waals surface area contributed by atoms with Gasteiger partial charge in [-0.3, -0.25) is 9.59 Å². The molecule has 0 aromatic carbocycles. The summed E-state index contributed by atoms with van der Waals surface area (Å²) >= 11 is 0. The molecule has 2 amide bonds. The van der Waals surface area contributed by atoms with Gasteiger partial charge in [-0.1, -0.05) is 5.92 Å². The van der Waals surface area contributed by atoms with E-state index in [1.54, 1.807) is 0 Å². The summed E-state index contributed by atoms with van der Waals surface area (Å²) < 4.78 is 0. The van der Waals surface area contributed by atoms with Crippen molar-refractivity contribution in [1.82, 2.24) is 4.90 Å². The molecule has 0 saturated heterocycles. The summed E-state index contributed by atoms with van der Waals surface area (Å²) in [6.07, 6.45) is 7.30. The summed E-state index contributed by atoms with van der Waals surface area (Å²) in [4.78, 5) is 24.0. The average molecular weight is 223 g/mol. The Bertz CT molecular complexity index is 318. The van der Waals surface area contributed by atoms with Gasteiger partial charge in [-0.05, 0) is 18.8 Å². The number of terminal acetylenes is 1. The largest absolute Gasteiger partial charge is 0.370 e. The van der Waals surface area contributed by atoms with Crippen molar-refractivity contribution in [2.24, 2.45) is 17.4 Å². The molecule has 0 aliphatic heterocycles. The van der Waals surface area contributed by atoms with Gasteiger partial charge in [-0.15, -0.1) is 6.42 Å². The van der Waals surface area contributed by atoms with E-state index in [0.29, 0.717) is 12.5 Å². The van der Waals surface area contributed by atoms with E-state index in [9.17, 15) is 9.59 Å². The van der Waals surface area contributed by atoms with Gasteiger partial charge in [0.05, 0.1) is 19.0 Å². The highest BCUT2D eigenvalue weighted by Gasteiger charge is 2.29. The zero-order chi connectivity index (χ0) is 12.1. The normalized spacial score (nSPS) is 16.2. The average Bonchev–Trinajstić information content (AvgIpc) is 2.99. The molecule has 0 radical (unpaired) electrons. The highest BCUT2D eigenvalue weighted by molar-refractivity contribution is 5.87. The molecule has 1 fully saturated rings. The quantitative estimate of drug-likeness (QED) is 0.569. The zero-order valence-electron chi connectivity index (χ0n) is 9.19. The first-order chi connectivity index (χ1) is 7.54. The molecule has 1 saturated carbocycles. The number of primary amides is 1. The number of hydrogen-bond acceptors (Lipinski definition) is 3. The van der Waals surface area contributed by atoms with Gasteiger partial charge in [0.15, 0.2) is 0 Å². The molecule has 5 heteroatoms. The number of amides is 2. The Hall–Kier alpha value is -1.54. The number of rotatable bonds is 6. The third-order valence-electron chi connectivity index (χ3n) is 2.51. The number of carbonyl (C=O) groups excluding carboxylic acids is 2. The minimum Gasteiger partial charge on any atom is -0.370 e. The lowest BCUT2D eigenvalue weighted by atomic mass is 10.1. The van der Waals surface area contributed by atoms with Crippen LogP contribution in [0.4, 0.5) is 0 Å². The van der Waals surface area contributed by atoms with Gasteiger partial charge in [-0.25, -0.2) is 0 Å². The Morgan fingerprint density at radius 3 is 2.56 bits per heavy atom. The monoisotopic (exact) mass is 223 g/mol. The molecular weight excluding hydrogens is 206 g/mol. The van der Waals surface area contributed by atoms with Gasteiger partial charge in [0, 0.05) is 6.54 Å². The van der Waals surface area contributed by atoms with Crippen molar-refractivity contribution < 1.29 is 9.59 Å². The number of hydrogen-bond donors (Lipinski definition) is 2. The maximum absolute atomic E-state index is 11.8. The van der Waals surface area contributed by atoms with E-state index in [4.69, 9.17) is 17.9 Å². The van der Waals surface area contributed by atoms with Crippen LogP contribution in [0.2, 0.25) is 0 Å². The van der Waals surface area contributed by atoms with Crippen molar-refractivity contribution in [3.63, 3.8) is 0 Å². The van der Waals surface area contributed by atoms with Crippen LogP contribution in [0.3, 0.4) is 0 Å². The summed E-state index contributed by atoms with van der Waals surface area (Å²) in [5.41, 5.74) is 10.6. The molecule has 1 aliphatic rings. The van der Waals surface area contributed by atoms with Crippen LogP contribution in [0.1, 0.15) is 19.3 Å². The highest BCUT2D eigenvalue weighted by atomic mass is 16.2. The Labute approximate surface area is 95.1 Å². The minimum atomic E-state index is -0.871. The standard InChI is InChI=1S/C11H17N3O2/c1-2-5-14(7-8-3-4-8)11(16)9(12)6-10(13)15/h1,8-9H,3-7,12H2,(H2,13,15). The molecule has 1 atom stereocenters. The van der Waals surface area contributed by atoms with Gasteiger partial charge >= 0.3 is 0 Å². The molecule has 16 heavy (non-hydrogen) atoms. The lowest BCUT2D eigenvalue weighted by Crippen LogP contribution is -2.46. The van der Waals surface area contributed by atoms with E-state index < -0.39 is 11.9 Å². The molecule has 0 bridgehead atoms. The summed E-state index contributed by atoms with van der Waals surface area (Å²) in [6, 6.07) is -0.871. The summed E-state index contributed by atoms with van der Waals surface area (Å²) in [6.45, 7) is 0.872. The predicted molar refractivity (Wildman–Crippen MR) is 59.9 cm³/mol. The van der Waals surface area contributed by atoms with Crippen LogP contribution in [0.25, 0.3) is 0 Å². The summed E-state index contributed by atoms with van der Waals surface area (Å²) in [5.74, 6) is 2.10. The summed E-state index contributed by atoms with van der Waals surface area (Å²) in [5, 5.41) is 0. The fourth-order valence-electron chi connectivity index (χ4n) is 1.49. The second-order valence-electron chi connectivity index (χ2n) is 4.14. The lowest BCUT2D eigenvalue weighted by Gasteiger charge is -2.23. The molecule has 1 unspecified atom stereocenters. The van der Waals surface area contributed by atoms with Crippen molar-refractivity contribution in [3.8, 4) is 12.3 Å². The first-order valence-corrected chi connectivity index (χ1v) is 5.30. The molecule has 4 N–H and O–H groups in total. The molecule has 1 aliphatic carbocycles. The van der Waals surface area contributed by atoms with Crippen molar-refractivity contribution in [2.45, 2.75) is 25.3 Å². The van der Waals surface area contributed by atoms with Gasteiger partial charge in [0.1, 0.15) is 0 Å². The molecule has 5 nitrogen and oxygen atoms in total. The van der Waals surface area contributed by atoms with Crippen molar-refractivity contribution in [1.29, 1.82) is 0 Å². The summed E-state index contributed by atoms with van der Waals surface area (Å²) in [7, 11) is 0. The first kappa shape index (κ1) is 12.5. The van der Waals surface area contributed by atoms with Crippen LogP contribution in [-0.4, -0.2) is 35.8 Å². The number of carbonyl (C=O) groups is 2.